The largest absolute Gasteiger partial charge is 0.493 e. The number of unbranched alkanes of at least 4 members (excludes halogenated alkanes) is 9. The number of hydrogen-bond donors (Lipinski definition) is 4. The second-order valence-electron chi connectivity index (χ2n) is 26.1. The highest BCUT2D eigenvalue weighted by Crippen LogP contribution is 2.46. The van der Waals surface area contributed by atoms with E-state index < -0.39 is 0 Å². The van der Waals surface area contributed by atoms with Crippen molar-refractivity contribution < 1.29 is 28.6 Å². The molecule has 2 atom stereocenters. The van der Waals surface area contributed by atoms with Gasteiger partial charge in [-0.15, -0.1) is 0 Å². The zero-order valence-corrected chi connectivity index (χ0v) is 59.5. The van der Waals surface area contributed by atoms with Crippen LogP contribution in [0, 0.1) is 43.4 Å². The van der Waals surface area contributed by atoms with Crippen LogP contribution in [0.5, 0.6) is 11.5 Å². The van der Waals surface area contributed by atoms with Gasteiger partial charge in [0.15, 0.2) is 0 Å². The molecule has 0 bridgehead atoms. The second-order valence-corrected chi connectivity index (χ2v) is 26.1. The van der Waals surface area contributed by atoms with Crippen LogP contribution in [-0.2, 0) is 25.5 Å². The van der Waals surface area contributed by atoms with Crippen LogP contribution in [0.3, 0.4) is 0 Å². The summed E-state index contributed by atoms with van der Waals surface area (Å²) in [5.41, 5.74) is 9.11. The maximum absolute atomic E-state index is 12.3. The van der Waals surface area contributed by atoms with Crippen molar-refractivity contribution in [3.05, 3.63) is 70.9 Å². The van der Waals surface area contributed by atoms with Crippen LogP contribution in [0.2, 0.25) is 0 Å². The highest BCUT2D eigenvalue weighted by Gasteiger charge is 2.38. The molecule has 1 aromatic carbocycles. The first kappa shape index (κ1) is 85.3. The molecule has 0 saturated heterocycles. The van der Waals surface area contributed by atoms with E-state index in [1.54, 1.807) is 0 Å². The Bertz CT molecular complexity index is 1930. The first-order valence-corrected chi connectivity index (χ1v) is 34.4. The zero-order valence-electron chi connectivity index (χ0n) is 59.5. The third kappa shape index (κ3) is 43.4. The van der Waals surface area contributed by atoms with Crippen molar-refractivity contribution in [1.82, 2.24) is 16.0 Å². The number of ether oxygens (including phenoxy) is 3. The second kappa shape index (κ2) is 53.2. The van der Waals surface area contributed by atoms with Crippen LogP contribution < -0.4 is 31.2 Å². The maximum atomic E-state index is 12.3. The molecule has 85 heavy (non-hydrogen) atoms. The van der Waals surface area contributed by atoms with E-state index in [4.69, 9.17) is 14.2 Å². The molecule has 0 aromatic heterocycles. The lowest BCUT2D eigenvalue weighted by Crippen LogP contribution is -2.43. The summed E-state index contributed by atoms with van der Waals surface area (Å²) in [5, 5.41) is 8.59. The summed E-state index contributed by atoms with van der Waals surface area (Å²) in [4.78, 5) is 33.5. The first-order chi connectivity index (χ1) is 40.5. The van der Waals surface area contributed by atoms with Crippen LogP contribution in [0.4, 0.5) is 0 Å². The first-order valence-electron chi connectivity index (χ1n) is 34.4. The topological polar surface area (TPSA) is 141 Å². The van der Waals surface area contributed by atoms with Gasteiger partial charge in [-0.05, 0) is 185 Å². The smallest absolute Gasteiger partial charge is 0.220 e. The molecule has 0 fully saturated rings. The van der Waals surface area contributed by atoms with E-state index in [-0.39, 0.29) is 33.8 Å². The minimum atomic E-state index is -0.294. The lowest BCUT2D eigenvalue weighted by atomic mass is 9.66. The Morgan fingerprint density at radius 1 is 0.624 bits per heavy atom. The van der Waals surface area contributed by atoms with Crippen LogP contribution in [-0.4, -0.2) is 69.3 Å². The summed E-state index contributed by atoms with van der Waals surface area (Å²) in [5.74, 6) is 4.08. The van der Waals surface area contributed by atoms with E-state index in [2.05, 4.69) is 167 Å². The fraction of sp³-hybridized carbons (Fsp3) is 0.773. The third-order valence-corrected chi connectivity index (χ3v) is 16.7. The quantitative estimate of drug-likeness (QED) is 0.0290. The Labute approximate surface area is 527 Å². The molecule has 0 saturated carbocycles. The van der Waals surface area contributed by atoms with Crippen molar-refractivity contribution in [3.63, 3.8) is 0 Å². The number of fused-ring (bicyclic) bond motifs is 1. The van der Waals surface area contributed by atoms with Gasteiger partial charge in [-0.2, -0.15) is 0 Å². The summed E-state index contributed by atoms with van der Waals surface area (Å²) >= 11 is 0. The van der Waals surface area contributed by atoms with Gasteiger partial charge in [0.2, 0.25) is 18.2 Å². The van der Waals surface area contributed by atoms with E-state index in [0.29, 0.717) is 38.9 Å². The number of rotatable bonds is 43. The number of benzene rings is 1. The van der Waals surface area contributed by atoms with E-state index >= 15 is 0 Å². The summed E-state index contributed by atoms with van der Waals surface area (Å²) in [6.45, 7) is 44.9. The van der Waals surface area contributed by atoms with Gasteiger partial charge in [0, 0.05) is 44.6 Å². The van der Waals surface area contributed by atoms with Crippen molar-refractivity contribution in [3.8, 4) is 11.5 Å². The molecular weight excluding hydrogens is 1050 g/mol. The molecule has 0 radical (unpaired) electrons. The van der Waals surface area contributed by atoms with Crippen molar-refractivity contribution in [2.24, 2.45) is 28.4 Å². The van der Waals surface area contributed by atoms with Gasteiger partial charge in [-0.1, -0.05) is 202 Å². The standard InChI is InChI=1S/C42H75NO3.C27H47NO2.C3H7NO.C2H6.CH5N/c1-13-14-24-37(44)43-30-41(10,11)40(8,9)28-29-45-38-33(5)34(6)39-36(35(38)7)25-27-42(12,46-39)26-20-23-32(4)22-19-17-15-16-18-21-31(2)3;1-5-7-8-9-10-11-12-13-14-15-16-17-18-19-20-21-22-23-26(29)28-25-27(3,4)30-24-6-2;1-2-4-3-5;2*1-2/h31-32H,13-30H2,1-12H3,(H,43,44);10-11,13-14,16-17,19-20H,5-9,12,15,18,21-25H2,1-4H3,(H,28,29);3H,2H2,1H3,(H,4,5);1-2H3;2H2,1H3/b;11-10-,14-13-,17-16-,20-19-;;;/t32-,42-;;;;/m1..../s1. The predicted octanol–water partition coefficient (Wildman–Crippen LogP) is 19.8. The van der Waals surface area contributed by atoms with Crippen LogP contribution in [0.15, 0.2) is 48.6 Å². The molecule has 0 unspecified atom stereocenters. The Morgan fingerprint density at radius 2 is 1.14 bits per heavy atom. The zero-order chi connectivity index (χ0) is 65.0. The number of carbonyl (C=O) groups excluding carboxylic acids is 3. The van der Waals surface area contributed by atoms with Crippen LogP contribution in [0.25, 0.3) is 0 Å². The Hall–Kier alpha value is -3.89. The van der Waals surface area contributed by atoms with Crippen LogP contribution in [0.1, 0.15) is 300 Å². The van der Waals surface area contributed by atoms with Gasteiger partial charge in [-0.25, -0.2) is 0 Å². The minimum Gasteiger partial charge on any atom is -0.493 e. The summed E-state index contributed by atoms with van der Waals surface area (Å²) in [7, 11) is 1.50. The lowest BCUT2D eigenvalue weighted by molar-refractivity contribution is -0.123. The molecule has 1 aromatic rings. The SMILES string of the molecule is CC.CCCCC(=O)NCC(C)(C)C(C)(C)CCOc1c(C)c(C)c2c(c1C)CC[C@@](C)(CCC[C@H](C)CCCCCCCC(C)C)O2.CCCCC/C=C\C/C=C\C/C=C\C/C=C\CCCC(=O)NCC(C)(C)OCCC.CCNC=O.CN. The minimum absolute atomic E-state index is 0.00564. The van der Waals surface area contributed by atoms with E-state index in [1.165, 1.54) is 113 Å². The van der Waals surface area contributed by atoms with Crippen molar-refractivity contribution in [2.75, 3.05) is 39.9 Å². The summed E-state index contributed by atoms with van der Waals surface area (Å²) < 4.78 is 19.2. The number of amides is 3. The van der Waals surface area contributed by atoms with E-state index in [9.17, 15) is 14.4 Å². The third-order valence-electron chi connectivity index (χ3n) is 16.7. The Kier molecular flexibility index (Phi) is 53.4. The molecule has 10 heteroatoms. The number of carbonyl (C=O) groups is 3. The highest BCUT2D eigenvalue weighted by atomic mass is 16.5. The highest BCUT2D eigenvalue weighted by molar-refractivity contribution is 5.76. The van der Waals surface area contributed by atoms with Crippen molar-refractivity contribution >= 4 is 18.2 Å². The van der Waals surface area contributed by atoms with Gasteiger partial charge >= 0.3 is 0 Å². The molecule has 1 heterocycles. The Balaban J connectivity index is -0.00000148. The summed E-state index contributed by atoms with van der Waals surface area (Å²) in [6, 6.07) is 0. The number of allylic oxidation sites excluding steroid dienone is 8. The van der Waals surface area contributed by atoms with Crippen molar-refractivity contribution in [1.29, 1.82) is 0 Å². The molecule has 10 nitrogen and oxygen atoms in total. The average Bonchev–Trinajstić information content (AvgIpc) is 3.32. The van der Waals surface area contributed by atoms with Gasteiger partial charge in [0.25, 0.3) is 0 Å². The van der Waals surface area contributed by atoms with Crippen LogP contribution >= 0.6 is 0 Å². The normalized spacial score (nSPS) is 14.5. The lowest BCUT2D eigenvalue weighted by Gasteiger charge is -2.42. The fourth-order valence-corrected chi connectivity index (χ4v) is 9.80. The molecule has 496 valence electrons. The summed E-state index contributed by atoms with van der Waals surface area (Å²) in [6.07, 6.45) is 49.1. The maximum Gasteiger partial charge on any atom is 0.220 e. The molecule has 1 aliphatic rings. The average molecular weight is 1190 g/mol. The van der Waals surface area contributed by atoms with Gasteiger partial charge in [-0.3, -0.25) is 14.4 Å². The number of nitrogens with two attached hydrogens (primary N) is 1. The van der Waals surface area contributed by atoms with E-state index in [0.717, 1.165) is 114 Å². The van der Waals surface area contributed by atoms with Gasteiger partial charge in [0.1, 0.15) is 17.1 Å². The van der Waals surface area contributed by atoms with E-state index in [1.807, 2.05) is 34.6 Å². The fourth-order valence-electron chi connectivity index (χ4n) is 9.80. The Morgan fingerprint density at radius 3 is 1.67 bits per heavy atom. The van der Waals surface area contributed by atoms with Crippen molar-refractivity contribution in [2.45, 2.75) is 316 Å². The molecule has 3 amide bonds. The van der Waals surface area contributed by atoms with Gasteiger partial charge in [0.05, 0.1) is 12.2 Å². The number of nitrogens with one attached hydrogen (secondary N) is 3. The molecule has 5 N–H and O–H groups in total. The molecule has 2 rings (SSSR count). The monoisotopic (exact) mass is 1190 g/mol. The molecule has 0 spiro atoms. The predicted molar refractivity (Wildman–Crippen MR) is 371 cm³/mol. The number of hydrogen-bond acceptors (Lipinski definition) is 7. The van der Waals surface area contributed by atoms with Gasteiger partial charge < -0.3 is 35.9 Å². The molecular formula is C75H140N4O6. The molecule has 1 aliphatic heterocycles. The molecule has 0 aliphatic carbocycles.